The molecule has 0 fully saturated rings. The zero-order valence-electron chi connectivity index (χ0n) is 15.6. The standard InChI is InChI=1S/C21H20O6/c1-23-16-10-6-13-8-12-18(22)27-19(13)15(16)9-5-14-7-11-17(24-2)21(26-4)20(14)25-3/h5-12H,1-4H3. The van der Waals surface area contributed by atoms with Crippen molar-refractivity contribution in [2.75, 3.05) is 28.4 Å². The van der Waals surface area contributed by atoms with Crippen LogP contribution in [0.3, 0.4) is 0 Å². The van der Waals surface area contributed by atoms with Gasteiger partial charge in [0.25, 0.3) is 0 Å². The Morgan fingerprint density at radius 1 is 0.741 bits per heavy atom. The molecule has 1 aromatic heterocycles. The zero-order valence-corrected chi connectivity index (χ0v) is 15.6. The molecular weight excluding hydrogens is 348 g/mol. The van der Waals surface area contributed by atoms with Gasteiger partial charge in [-0.05, 0) is 36.4 Å². The number of hydrogen-bond acceptors (Lipinski definition) is 6. The summed E-state index contributed by atoms with van der Waals surface area (Å²) in [6.07, 6.45) is 3.65. The van der Waals surface area contributed by atoms with E-state index in [2.05, 4.69) is 0 Å². The highest BCUT2D eigenvalue weighted by Gasteiger charge is 2.15. The van der Waals surface area contributed by atoms with Crippen molar-refractivity contribution in [3.63, 3.8) is 0 Å². The van der Waals surface area contributed by atoms with Gasteiger partial charge in [0, 0.05) is 17.0 Å². The zero-order chi connectivity index (χ0) is 19.4. The van der Waals surface area contributed by atoms with Gasteiger partial charge in [-0.25, -0.2) is 4.79 Å². The van der Waals surface area contributed by atoms with E-state index in [9.17, 15) is 4.79 Å². The molecule has 2 aromatic carbocycles. The summed E-state index contributed by atoms with van der Waals surface area (Å²) in [7, 11) is 6.24. The number of ether oxygens (including phenoxy) is 4. The smallest absolute Gasteiger partial charge is 0.336 e. The number of benzene rings is 2. The molecule has 0 unspecified atom stereocenters. The third kappa shape index (κ3) is 3.46. The molecular formula is C21H20O6. The lowest BCUT2D eigenvalue weighted by molar-refractivity contribution is 0.324. The van der Waals surface area contributed by atoms with Crippen LogP contribution in [0.25, 0.3) is 23.1 Å². The molecule has 3 aromatic rings. The number of rotatable bonds is 6. The number of fused-ring (bicyclic) bond motifs is 1. The van der Waals surface area contributed by atoms with E-state index in [1.807, 2.05) is 30.4 Å². The van der Waals surface area contributed by atoms with Crippen LogP contribution < -0.4 is 24.6 Å². The molecule has 3 rings (SSSR count). The van der Waals surface area contributed by atoms with Gasteiger partial charge < -0.3 is 23.4 Å². The third-order valence-corrected chi connectivity index (χ3v) is 4.17. The monoisotopic (exact) mass is 368 g/mol. The minimum atomic E-state index is -0.422. The van der Waals surface area contributed by atoms with Gasteiger partial charge in [0.15, 0.2) is 11.5 Å². The van der Waals surface area contributed by atoms with Crippen molar-refractivity contribution in [2.24, 2.45) is 0 Å². The molecule has 6 heteroatoms. The molecule has 0 aliphatic rings. The summed E-state index contributed by atoms with van der Waals surface area (Å²) in [4.78, 5) is 11.7. The molecule has 0 aliphatic carbocycles. The maximum Gasteiger partial charge on any atom is 0.336 e. The van der Waals surface area contributed by atoms with Crippen LogP contribution in [0, 0.1) is 0 Å². The summed E-state index contributed by atoms with van der Waals surface area (Å²) in [5.41, 5.74) is 1.46. The van der Waals surface area contributed by atoms with Gasteiger partial charge in [0.1, 0.15) is 11.3 Å². The predicted molar refractivity (Wildman–Crippen MR) is 104 cm³/mol. The van der Waals surface area contributed by atoms with Crippen molar-refractivity contribution in [3.05, 3.63) is 57.9 Å². The van der Waals surface area contributed by atoms with E-state index < -0.39 is 5.63 Å². The van der Waals surface area contributed by atoms with Gasteiger partial charge in [-0.1, -0.05) is 6.08 Å². The molecule has 0 N–H and O–H groups in total. The summed E-state index contributed by atoms with van der Waals surface area (Å²) in [6, 6.07) is 10.4. The fourth-order valence-corrected chi connectivity index (χ4v) is 2.90. The second kappa shape index (κ2) is 7.86. The third-order valence-electron chi connectivity index (χ3n) is 4.17. The minimum Gasteiger partial charge on any atom is -0.496 e. The van der Waals surface area contributed by atoms with Crippen molar-refractivity contribution >= 4 is 23.1 Å². The second-order valence-corrected chi connectivity index (χ2v) is 5.61. The lowest BCUT2D eigenvalue weighted by atomic mass is 10.1. The van der Waals surface area contributed by atoms with Crippen molar-refractivity contribution < 1.29 is 23.4 Å². The highest BCUT2D eigenvalue weighted by molar-refractivity contribution is 5.91. The van der Waals surface area contributed by atoms with E-state index in [1.54, 1.807) is 40.6 Å². The predicted octanol–water partition coefficient (Wildman–Crippen LogP) is 4.00. The molecule has 6 nitrogen and oxygen atoms in total. The van der Waals surface area contributed by atoms with E-state index in [0.717, 1.165) is 10.9 Å². The molecule has 0 atom stereocenters. The first-order valence-corrected chi connectivity index (χ1v) is 8.20. The van der Waals surface area contributed by atoms with Crippen molar-refractivity contribution in [3.8, 4) is 23.0 Å². The first kappa shape index (κ1) is 18.4. The first-order valence-electron chi connectivity index (χ1n) is 8.20. The second-order valence-electron chi connectivity index (χ2n) is 5.61. The van der Waals surface area contributed by atoms with E-state index in [1.165, 1.54) is 6.07 Å². The molecule has 27 heavy (non-hydrogen) atoms. The Balaban J connectivity index is 2.17. The maximum absolute atomic E-state index is 11.7. The Labute approximate surface area is 156 Å². The largest absolute Gasteiger partial charge is 0.496 e. The van der Waals surface area contributed by atoms with Gasteiger partial charge in [-0.15, -0.1) is 0 Å². The van der Waals surface area contributed by atoms with Crippen LogP contribution in [-0.2, 0) is 0 Å². The van der Waals surface area contributed by atoms with E-state index in [4.69, 9.17) is 23.4 Å². The maximum atomic E-state index is 11.7. The SMILES string of the molecule is COc1ccc(C=Cc2c(OC)ccc3ccc(=O)oc23)c(OC)c1OC. The Bertz CT molecular complexity index is 1050. The van der Waals surface area contributed by atoms with Crippen LogP contribution in [0.5, 0.6) is 23.0 Å². The number of methoxy groups -OCH3 is 4. The summed E-state index contributed by atoms with van der Waals surface area (Å²) in [6.45, 7) is 0. The molecule has 140 valence electrons. The first-order chi connectivity index (χ1) is 13.1. The van der Waals surface area contributed by atoms with Gasteiger partial charge in [0.05, 0.1) is 34.0 Å². The topological polar surface area (TPSA) is 67.1 Å². The van der Waals surface area contributed by atoms with E-state index in [-0.39, 0.29) is 0 Å². The van der Waals surface area contributed by atoms with E-state index >= 15 is 0 Å². The van der Waals surface area contributed by atoms with Gasteiger partial charge in [0.2, 0.25) is 5.75 Å². The normalized spacial score (nSPS) is 11.0. The summed E-state index contributed by atoms with van der Waals surface area (Å²) < 4.78 is 27.0. The van der Waals surface area contributed by atoms with Crippen LogP contribution in [0.15, 0.2) is 45.6 Å². The Hall–Kier alpha value is -3.41. The van der Waals surface area contributed by atoms with Crippen LogP contribution in [-0.4, -0.2) is 28.4 Å². The number of hydrogen-bond donors (Lipinski definition) is 0. The molecule has 0 saturated carbocycles. The van der Waals surface area contributed by atoms with Gasteiger partial charge in [-0.3, -0.25) is 0 Å². The van der Waals surface area contributed by atoms with Gasteiger partial charge >= 0.3 is 5.63 Å². The van der Waals surface area contributed by atoms with Crippen molar-refractivity contribution in [2.45, 2.75) is 0 Å². The quantitative estimate of drug-likeness (QED) is 0.484. The fraction of sp³-hybridized carbons (Fsp3) is 0.190. The van der Waals surface area contributed by atoms with E-state index in [0.29, 0.717) is 34.1 Å². The molecule has 0 amide bonds. The Morgan fingerprint density at radius 3 is 2.07 bits per heavy atom. The molecule has 0 bridgehead atoms. The minimum absolute atomic E-state index is 0.422. The summed E-state index contributed by atoms with van der Waals surface area (Å²) in [5, 5.41) is 0.800. The Morgan fingerprint density at radius 2 is 1.41 bits per heavy atom. The molecule has 0 aliphatic heterocycles. The molecule has 1 heterocycles. The van der Waals surface area contributed by atoms with Crippen molar-refractivity contribution in [1.82, 2.24) is 0 Å². The van der Waals surface area contributed by atoms with Crippen molar-refractivity contribution in [1.29, 1.82) is 0 Å². The van der Waals surface area contributed by atoms with Crippen LogP contribution in [0.1, 0.15) is 11.1 Å². The van der Waals surface area contributed by atoms with Crippen LogP contribution in [0.2, 0.25) is 0 Å². The molecule has 0 radical (unpaired) electrons. The highest BCUT2D eigenvalue weighted by atomic mass is 16.5. The molecule has 0 saturated heterocycles. The summed E-state index contributed by atoms with van der Waals surface area (Å²) in [5.74, 6) is 2.19. The highest BCUT2D eigenvalue weighted by Crippen LogP contribution is 2.40. The van der Waals surface area contributed by atoms with Crippen LogP contribution in [0.4, 0.5) is 0 Å². The average Bonchev–Trinajstić information content (AvgIpc) is 2.70. The fourth-order valence-electron chi connectivity index (χ4n) is 2.90. The average molecular weight is 368 g/mol. The molecule has 0 spiro atoms. The Kier molecular flexibility index (Phi) is 5.35. The lowest BCUT2D eigenvalue weighted by Crippen LogP contribution is -1.97. The summed E-state index contributed by atoms with van der Waals surface area (Å²) >= 11 is 0. The lowest BCUT2D eigenvalue weighted by Gasteiger charge is -2.14. The van der Waals surface area contributed by atoms with Gasteiger partial charge in [-0.2, -0.15) is 0 Å². The van der Waals surface area contributed by atoms with Crippen LogP contribution >= 0.6 is 0 Å².